The van der Waals surface area contributed by atoms with Gasteiger partial charge in [0.05, 0.1) is 27.4 Å². The third-order valence-electron chi connectivity index (χ3n) is 3.32. The summed E-state index contributed by atoms with van der Waals surface area (Å²) in [6.45, 7) is 0.533. The number of rotatable bonds is 4. The molecule has 1 unspecified atom stereocenters. The molecule has 0 bridgehead atoms. The topological polar surface area (TPSA) is 85.3 Å². The van der Waals surface area contributed by atoms with Crippen molar-refractivity contribution in [2.45, 2.75) is 6.10 Å². The molecule has 8 heteroatoms. The Morgan fingerprint density at radius 3 is 2.41 bits per heavy atom. The van der Waals surface area contributed by atoms with Gasteiger partial charge in [-0.15, -0.1) is 0 Å². The van der Waals surface area contributed by atoms with E-state index in [0.29, 0.717) is 28.1 Å². The molecule has 1 aliphatic heterocycles. The van der Waals surface area contributed by atoms with Gasteiger partial charge in [0.2, 0.25) is 0 Å². The van der Waals surface area contributed by atoms with Crippen molar-refractivity contribution in [3.05, 3.63) is 22.2 Å². The van der Waals surface area contributed by atoms with E-state index >= 15 is 0 Å². The van der Waals surface area contributed by atoms with Crippen LogP contribution in [0.3, 0.4) is 0 Å². The molecule has 1 aliphatic rings. The molecule has 22 heavy (non-hydrogen) atoms. The molecular formula is C14H16BrNO6. The molecule has 2 rings (SSSR count). The number of halogens is 1. The smallest absolute Gasteiger partial charge is 0.334 e. The van der Waals surface area contributed by atoms with Crippen molar-refractivity contribution < 1.29 is 28.9 Å². The molecule has 0 saturated carbocycles. The molecule has 120 valence electrons. The van der Waals surface area contributed by atoms with Gasteiger partial charge in [-0.25, -0.2) is 4.79 Å². The summed E-state index contributed by atoms with van der Waals surface area (Å²) in [4.78, 5) is 25.0. The average Bonchev–Trinajstić information content (AvgIpc) is 2.54. The van der Waals surface area contributed by atoms with Gasteiger partial charge in [0.25, 0.3) is 5.91 Å². The van der Waals surface area contributed by atoms with Crippen molar-refractivity contribution >= 4 is 27.8 Å². The summed E-state index contributed by atoms with van der Waals surface area (Å²) in [6, 6.07) is 3.17. The number of benzene rings is 1. The lowest BCUT2D eigenvalue weighted by Gasteiger charge is -2.31. The number of aliphatic carboxylic acids is 1. The van der Waals surface area contributed by atoms with E-state index in [2.05, 4.69) is 15.9 Å². The van der Waals surface area contributed by atoms with Gasteiger partial charge in [-0.3, -0.25) is 4.79 Å². The SMILES string of the molecule is COc1cc(C(=O)N2CCOC(C(=O)O)C2)cc(OC)c1Br. The van der Waals surface area contributed by atoms with E-state index in [1.54, 1.807) is 12.1 Å². The second-order valence-electron chi connectivity index (χ2n) is 4.64. The van der Waals surface area contributed by atoms with Gasteiger partial charge < -0.3 is 24.2 Å². The van der Waals surface area contributed by atoms with Crippen molar-refractivity contribution in [2.75, 3.05) is 33.9 Å². The summed E-state index contributed by atoms with van der Waals surface area (Å²) < 4.78 is 16.1. The highest BCUT2D eigenvalue weighted by Crippen LogP contribution is 2.36. The van der Waals surface area contributed by atoms with Crippen LogP contribution in [0, 0.1) is 0 Å². The normalized spacial score (nSPS) is 18.0. The maximum Gasteiger partial charge on any atom is 0.334 e. The Bertz CT molecular complexity index is 566. The second kappa shape index (κ2) is 6.97. The largest absolute Gasteiger partial charge is 0.495 e. The van der Waals surface area contributed by atoms with E-state index < -0.39 is 12.1 Å². The lowest BCUT2D eigenvalue weighted by Crippen LogP contribution is -2.48. The monoisotopic (exact) mass is 373 g/mol. The summed E-state index contributed by atoms with van der Waals surface area (Å²) in [5.41, 5.74) is 0.364. The zero-order chi connectivity index (χ0) is 16.3. The predicted octanol–water partition coefficient (Wildman–Crippen LogP) is 1.39. The number of carbonyl (C=O) groups excluding carboxylic acids is 1. The molecule has 0 spiro atoms. The van der Waals surface area contributed by atoms with E-state index in [1.807, 2.05) is 0 Å². The molecule has 0 aromatic heterocycles. The van der Waals surface area contributed by atoms with Crippen LogP contribution in [0.25, 0.3) is 0 Å². The third kappa shape index (κ3) is 3.33. The first-order valence-corrected chi connectivity index (χ1v) is 7.32. The Kier molecular flexibility index (Phi) is 5.25. The summed E-state index contributed by atoms with van der Waals surface area (Å²) in [7, 11) is 2.98. The number of carboxylic acids is 1. The van der Waals surface area contributed by atoms with Crippen molar-refractivity contribution in [1.82, 2.24) is 4.90 Å². The van der Waals surface area contributed by atoms with E-state index in [-0.39, 0.29) is 19.1 Å². The minimum absolute atomic E-state index is 0.00879. The molecular weight excluding hydrogens is 358 g/mol. The van der Waals surface area contributed by atoms with Gasteiger partial charge in [-0.2, -0.15) is 0 Å². The van der Waals surface area contributed by atoms with Crippen LogP contribution in [0.2, 0.25) is 0 Å². The molecule has 1 saturated heterocycles. The molecule has 0 aliphatic carbocycles. The number of hydrogen-bond acceptors (Lipinski definition) is 5. The molecule has 1 amide bonds. The highest BCUT2D eigenvalue weighted by atomic mass is 79.9. The summed E-state index contributed by atoms with van der Waals surface area (Å²) in [6.07, 6.45) is -1.00. The molecule has 1 aromatic rings. The number of amides is 1. The van der Waals surface area contributed by atoms with E-state index in [9.17, 15) is 9.59 Å². The first kappa shape index (κ1) is 16.6. The Balaban J connectivity index is 2.27. The van der Waals surface area contributed by atoms with Gasteiger partial charge in [0.15, 0.2) is 6.10 Å². The molecule has 1 aromatic carbocycles. The molecule has 1 atom stereocenters. The molecule has 7 nitrogen and oxygen atoms in total. The summed E-state index contributed by atoms with van der Waals surface area (Å²) in [5, 5.41) is 9.00. The highest BCUT2D eigenvalue weighted by molar-refractivity contribution is 9.10. The van der Waals surface area contributed by atoms with Gasteiger partial charge >= 0.3 is 5.97 Å². The fraction of sp³-hybridized carbons (Fsp3) is 0.429. The minimum Gasteiger partial charge on any atom is -0.495 e. The van der Waals surface area contributed by atoms with E-state index in [0.717, 1.165) is 0 Å². The predicted molar refractivity (Wildman–Crippen MR) is 80.5 cm³/mol. The zero-order valence-corrected chi connectivity index (χ0v) is 13.8. The number of nitrogens with zero attached hydrogens (tertiary/aromatic N) is 1. The van der Waals surface area contributed by atoms with Crippen LogP contribution in [0.15, 0.2) is 16.6 Å². The van der Waals surface area contributed by atoms with Crippen molar-refractivity contribution in [3.63, 3.8) is 0 Å². The molecule has 0 radical (unpaired) electrons. The number of carbonyl (C=O) groups is 2. The van der Waals surface area contributed by atoms with Crippen molar-refractivity contribution in [3.8, 4) is 11.5 Å². The van der Waals surface area contributed by atoms with Crippen molar-refractivity contribution in [2.24, 2.45) is 0 Å². The summed E-state index contributed by atoms with van der Waals surface area (Å²) >= 11 is 3.34. The average molecular weight is 374 g/mol. The first-order valence-electron chi connectivity index (χ1n) is 6.53. The number of ether oxygens (including phenoxy) is 3. The van der Waals surface area contributed by atoms with Gasteiger partial charge in [0.1, 0.15) is 16.0 Å². The van der Waals surface area contributed by atoms with Crippen LogP contribution >= 0.6 is 15.9 Å². The number of carboxylic acid groups (broad SMARTS) is 1. The van der Waals surface area contributed by atoms with Crippen LogP contribution < -0.4 is 9.47 Å². The lowest BCUT2D eigenvalue weighted by molar-refractivity contribution is -0.154. The summed E-state index contributed by atoms with van der Waals surface area (Å²) in [5.74, 6) is -0.446. The van der Waals surface area contributed by atoms with Crippen molar-refractivity contribution in [1.29, 1.82) is 0 Å². The van der Waals surface area contributed by atoms with E-state index in [4.69, 9.17) is 19.3 Å². The number of morpholine rings is 1. The van der Waals surface area contributed by atoms with Crippen LogP contribution in [0.1, 0.15) is 10.4 Å². The highest BCUT2D eigenvalue weighted by Gasteiger charge is 2.30. The second-order valence-corrected chi connectivity index (χ2v) is 5.44. The first-order chi connectivity index (χ1) is 10.5. The third-order valence-corrected chi connectivity index (χ3v) is 4.10. The maximum atomic E-state index is 12.6. The number of methoxy groups -OCH3 is 2. The Morgan fingerprint density at radius 1 is 1.32 bits per heavy atom. The van der Waals surface area contributed by atoms with Crippen LogP contribution in [-0.2, 0) is 9.53 Å². The molecule has 1 heterocycles. The number of hydrogen-bond donors (Lipinski definition) is 1. The van der Waals surface area contributed by atoms with Crippen LogP contribution in [0.5, 0.6) is 11.5 Å². The quantitative estimate of drug-likeness (QED) is 0.858. The van der Waals surface area contributed by atoms with Crippen LogP contribution in [-0.4, -0.2) is 61.9 Å². The van der Waals surface area contributed by atoms with E-state index in [1.165, 1.54) is 19.1 Å². The van der Waals surface area contributed by atoms with Gasteiger partial charge in [0, 0.05) is 12.1 Å². The maximum absolute atomic E-state index is 12.6. The Hall–Kier alpha value is -1.80. The molecule has 1 fully saturated rings. The fourth-order valence-electron chi connectivity index (χ4n) is 2.16. The Morgan fingerprint density at radius 2 is 1.91 bits per heavy atom. The van der Waals surface area contributed by atoms with Gasteiger partial charge in [-0.1, -0.05) is 0 Å². The Labute approximate surface area is 135 Å². The standard InChI is InChI=1S/C14H16BrNO6/c1-20-9-5-8(6-10(21-2)12(9)15)13(17)16-3-4-22-11(7-16)14(18)19/h5-6,11H,3-4,7H2,1-2H3,(H,18,19). The zero-order valence-electron chi connectivity index (χ0n) is 12.2. The fourth-order valence-corrected chi connectivity index (χ4v) is 2.71. The minimum atomic E-state index is -1.08. The molecule has 1 N–H and O–H groups in total. The van der Waals surface area contributed by atoms with Crippen LogP contribution in [0.4, 0.5) is 0 Å². The lowest BCUT2D eigenvalue weighted by atomic mass is 10.1. The van der Waals surface area contributed by atoms with Gasteiger partial charge in [-0.05, 0) is 28.1 Å².